The molecule has 1 aliphatic heterocycles. The number of hydrogen-bond donors (Lipinski definition) is 1. The number of aromatic nitrogens is 1. The van der Waals surface area contributed by atoms with Crippen LogP contribution in [0.15, 0.2) is 85.1 Å². The Balaban J connectivity index is 1.32. The van der Waals surface area contributed by atoms with Gasteiger partial charge in [0.25, 0.3) is 0 Å². The van der Waals surface area contributed by atoms with Crippen LogP contribution < -0.4 is 4.74 Å². The van der Waals surface area contributed by atoms with Crippen LogP contribution >= 0.6 is 0 Å². The van der Waals surface area contributed by atoms with Crippen LogP contribution in [0.3, 0.4) is 0 Å². The van der Waals surface area contributed by atoms with Crippen LogP contribution in [0, 0.1) is 0 Å². The van der Waals surface area contributed by atoms with E-state index in [1.807, 2.05) is 71.8 Å². The SMILES string of the molecule is CCOC(=O)N1CCN(C(=O)CC(c2ccc(OCc3ccccc3)cc2)c2c[nH]c3ccccc23)CC1. The van der Waals surface area contributed by atoms with Crippen molar-refractivity contribution < 1.29 is 19.1 Å². The second-order valence-electron chi connectivity index (χ2n) is 9.46. The van der Waals surface area contributed by atoms with E-state index in [0.29, 0.717) is 45.8 Å². The highest BCUT2D eigenvalue weighted by atomic mass is 16.6. The standard InChI is InChI=1S/C31H33N3O4/c1-2-37-31(36)34-18-16-33(17-19-34)30(35)20-27(28-21-32-29-11-7-6-10-26(28)29)24-12-14-25(15-13-24)38-22-23-8-4-3-5-9-23/h3-15,21,27,32H,2,16-20,22H2,1H3. The maximum absolute atomic E-state index is 13.5. The van der Waals surface area contributed by atoms with E-state index < -0.39 is 0 Å². The number of fused-ring (bicyclic) bond motifs is 1. The van der Waals surface area contributed by atoms with Crippen LogP contribution in [0.25, 0.3) is 10.9 Å². The number of hydrogen-bond acceptors (Lipinski definition) is 4. The molecule has 3 aromatic carbocycles. The van der Waals surface area contributed by atoms with Gasteiger partial charge in [0.1, 0.15) is 12.4 Å². The van der Waals surface area contributed by atoms with E-state index in [1.165, 1.54) is 0 Å². The summed E-state index contributed by atoms with van der Waals surface area (Å²) >= 11 is 0. The molecule has 196 valence electrons. The van der Waals surface area contributed by atoms with Crippen molar-refractivity contribution in [2.75, 3.05) is 32.8 Å². The van der Waals surface area contributed by atoms with E-state index in [4.69, 9.17) is 9.47 Å². The summed E-state index contributed by atoms with van der Waals surface area (Å²) in [6.07, 6.45) is 2.04. The Bertz CT molecular complexity index is 1360. The molecule has 1 aliphatic rings. The largest absolute Gasteiger partial charge is 0.489 e. The van der Waals surface area contributed by atoms with Crippen molar-refractivity contribution in [1.82, 2.24) is 14.8 Å². The fraction of sp³-hybridized carbons (Fsp3) is 0.290. The third-order valence-corrected chi connectivity index (χ3v) is 7.06. The van der Waals surface area contributed by atoms with Gasteiger partial charge in [0.15, 0.2) is 0 Å². The minimum Gasteiger partial charge on any atom is -0.489 e. The van der Waals surface area contributed by atoms with Crippen LogP contribution in [0.4, 0.5) is 4.79 Å². The first-order valence-corrected chi connectivity index (χ1v) is 13.1. The molecular formula is C31H33N3O4. The average molecular weight is 512 g/mol. The van der Waals surface area contributed by atoms with Gasteiger partial charge >= 0.3 is 6.09 Å². The quantitative estimate of drug-likeness (QED) is 0.336. The van der Waals surface area contributed by atoms with Gasteiger partial charge in [-0.1, -0.05) is 60.7 Å². The second-order valence-corrected chi connectivity index (χ2v) is 9.46. The Kier molecular flexibility index (Phi) is 7.92. The molecule has 2 heterocycles. The van der Waals surface area contributed by atoms with E-state index in [1.54, 1.807) is 11.8 Å². The summed E-state index contributed by atoms with van der Waals surface area (Å²) in [5, 5.41) is 1.11. The molecule has 1 atom stereocenters. The molecule has 1 N–H and O–H groups in total. The van der Waals surface area contributed by atoms with Gasteiger partial charge < -0.3 is 24.3 Å². The lowest BCUT2D eigenvalue weighted by molar-refractivity contribution is -0.133. The van der Waals surface area contributed by atoms with Crippen molar-refractivity contribution in [2.45, 2.75) is 25.9 Å². The molecule has 4 aromatic rings. The number of carbonyl (C=O) groups excluding carboxylic acids is 2. The topological polar surface area (TPSA) is 74.9 Å². The highest BCUT2D eigenvalue weighted by molar-refractivity contribution is 5.86. The first-order chi connectivity index (χ1) is 18.6. The van der Waals surface area contributed by atoms with Gasteiger partial charge in [-0.05, 0) is 41.8 Å². The number of nitrogens with one attached hydrogen (secondary N) is 1. The van der Waals surface area contributed by atoms with Crippen LogP contribution in [0.1, 0.15) is 36.0 Å². The van der Waals surface area contributed by atoms with Crippen molar-refractivity contribution in [3.05, 3.63) is 102 Å². The van der Waals surface area contributed by atoms with E-state index in [0.717, 1.165) is 33.3 Å². The molecule has 5 rings (SSSR count). The second kappa shape index (κ2) is 11.9. The fourth-order valence-electron chi connectivity index (χ4n) is 4.98. The van der Waals surface area contributed by atoms with Crippen LogP contribution in [0.5, 0.6) is 5.75 Å². The fourth-order valence-corrected chi connectivity index (χ4v) is 4.98. The normalized spacial score (nSPS) is 14.3. The van der Waals surface area contributed by atoms with Gasteiger partial charge in [-0.2, -0.15) is 0 Å². The molecule has 7 heteroatoms. The maximum Gasteiger partial charge on any atom is 0.409 e. The number of para-hydroxylation sites is 1. The number of ether oxygens (including phenoxy) is 2. The summed E-state index contributed by atoms with van der Waals surface area (Å²) in [6, 6.07) is 26.3. The zero-order valence-corrected chi connectivity index (χ0v) is 21.6. The van der Waals surface area contributed by atoms with E-state index in [9.17, 15) is 9.59 Å². The molecule has 0 radical (unpaired) electrons. The summed E-state index contributed by atoms with van der Waals surface area (Å²) in [6.45, 7) is 4.62. The molecule has 1 aromatic heterocycles. The Hall–Kier alpha value is -4.26. The molecular weight excluding hydrogens is 478 g/mol. The number of benzene rings is 3. The van der Waals surface area contributed by atoms with Crippen molar-refractivity contribution in [3.8, 4) is 5.75 Å². The number of nitrogens with zero attached hydrogens (tertiary/aromatic N) is 2. The van der Waals surface area contributed by atoms with Crippen molar-refractivity contribution in [1.29, 1.82) is 0 Å². The Morgan fingerprint density at radius 1 is 0.868 bits per heavy atom. The lowest BCUT2D eigenvalue weighted by atomic mass is 9.87. The highest BCUT2D eigenvalue weighted by Crippen LogP contribution is 2.35. The minimum atomic E-state index is -0.314. The number of H-pyrrole nitrogens is 1. The molecule has 0 spiro atoms. The Morgan fingerprint density at radius 2 is 1.55 bits per heavy atom. The van der Waals surface area contributed by atoms with E-state index >= 15 is 0 Å². The molecule has 1 saturated heterocycles. The predicted molar refractivity (Wildman–Crippen MR) is 147 cm³/mol. The minimum absolute atomic E-state index is 0.0770. The van der Waals surface area contributed by atoms with Gasteiger partial charge in [-0.15, -0.1) is 0 Å². The molecule has 2 amide bonds. The smallest absolute Gasteiger partial charge is 0.409 e. The summed E-state index contributed by atoms with van der Waals surface area (Å²) in [7, 11) is 0. The molecule has 0 saturated carbocycles. The zero-order chi connectivity index (χ0) is 26.3. The van der Waals surface area contributed by atoms with Gasteiger partial charge in [0, 0.05) is 55.6 Å². The number of rotatable bonds is 8. The van der Waals surface area contributed by atoms with Crippen LogP contribution in [-0.4, -0.2) is 59.6 Å². The first-order valence-electron chi connectivity index (χ1n) is 13.1. The molecule has 1 fully saturated rings. The lowest BCUT2D eigenvalue weighted by Crippen LogP contribution is -2.50. The average Bonchev–Trinajstić information content (AvgIpc) is 3.40. The zero-order valence-electron chi connectivity index (χ0n) is 21.6. The Labute approximate surface area is 223 Å². The van der Waals surface area contributed by atoms with Crippen molar-refractivity contribution in [3.63, 3.8) is 0 Å². The lowest BCUT2D eigenvalue weighted by Gasteiger charge is -2.34. The summed E-state index contributed by atoms with van der Waals surface area (Å²) in [5.41, 5.74) is 4.31. The van der Waals surface area contributed by atoms with Crippen molar-refractivity contribution in [2.24, 2.45) is 0 Å². The summed E-state index contributed by atoms with van der Waals surface area (Å²) in [5.74, 6) is 0.745. The van der Waals surface area contributed by atoms with E-state index in [2.05, 4.69) is 23.2 Å². The van der Waals surface area contributed by atoms with E-state index in [-0.39, 0.29) is 17.9 Å². The number of amides is 2. The van der Waals surface area contributed by atoms with Gasteiger partial charge in [0.2, 0.25) is 5.91 Å². The molecule has 38 heavy (non-hydrogen) atoms. The maximum atomic E-state index is 13.5. The number of piperazine rings is 1. The van der Waals surface area contributed by atoms with Crippen molar-refractivity contribution >= 4 is 22.9 Å². The first kappa shape index (κ1) is 25.4. The number of carbonyl (C=O) groups is 2. The van der Waals surface area contributed by atoms with Crippen LogP contribution in [0.2, 0.25) is 0 Å². The molecule has 0 bridgehead atoms. The number of aromatic amines is 1. The van der Waals surface area contributed by atoms with Crippen LogP contribution in [-0.2, 0) is 16.1 Å². The third-order valence-electron chi connectivity index (χ3n) is 7.06. The highest BCUT2D eigenvalue weighted by Gasteiger charge is 2.28. The van der Waals surface area contributed by atoms with Gasteiger partial charge in [-0.3, -0.25) is 4.79 Å². The molecule has 0 aliphatic carbocycles. The monoisotopic (exact) mass is 511 g/mol. The summed E-state index contributed by atoms with van der Waals surface area (Å²) < 4.78 is 11.1. The predicted octanol–water partition coefficient (Wildman–Crippen LogP) is 5.57. The summed E-state index contributed by atoms with van der Waals surface area (Å²) in [4.78, 5) is 32.4. The third kappa shape index (κ3) is 5.83. The molecule has 1 unspecified atom stereocenters. The van der Waals surface area contributed by atoms with Gasteiger partial charge in [0.05, 0.1) is 6.61 Å². The Morgan fingerprint density at radius 3 is 2.29 bits per heavy atom. The molecule has 7 nitrogen and oxygen atoms in total. The van der Waals surface area contributed by atoms with Gasteiger partial charge in [-0.25, -0.2) is 4.79 Å².